The van der Waals surface area contributed by atoms with Crippen LogP contribution in [0.15, 0.2) is 41.5 Å². The van der Waals surface area contributed by atoms with Crippen LogP contribution in [0.1, 0.15) is 16.7 Å². The highest BCUT2D eigenvalue weighted by Gasteiger charge is 2.14. The Balaban J connectivity index is 1.99. The predicted molar refractivity (Wildman–Crippen MR) is 96.7 cm³/mol. The molecule has 0 spiro atoms. The molecule has 2 rings (SSSR count). The summed E-state index contributed by atoms with van der Waals surface area (Å²) in [6.45, 7) is 3.79. The Morgan fingerprint density at radius 1 is 1.04 bits per heavy atom. The molecule has 2 aromatic carbocycles. The lowest BCUT2D eigenvalue weighted by Gasteiger charge is -2.08. The van der Waals surface area contributed by atoms with E-state index in [4.69, 9.17) is 23.2 Å². The Morgan fingerprint density at radius 2 is 1.71 bits per heavy atom. The highest BCUT2D eigenvalue weighted by atomic mass is 35.5. The van der Waals surface area contributed by atoms with Crippen LogP contribution in [0.5, 0.6) is 0 Å². The fourth-order valence-corrected chi connectivity index (χ4v) is 2.47. The van der Waals surface area contributed by atoms with Crippen LogP contribution in [0.3, 0.4) is 0 Å². The summed E-state index contributed by atoms with van der Waals surface area (Å²) in [6.07, 6.45) is 1.28. The molecule has 7 heteroatoms. The first kappa shape index (κ1) is 18.0. The first-order chi connectivity index (χ1) is 11.4. The van der Waals surface area contributed by atoms with Crippen LogP contribution < -0.4 is 10.7 Å². The highest BCUT2D eigenvalue weighted by Crippen LogP contribution is 2.22. The second-order valence-corrected chi connectivity index (χ2v) is 5.92. The molecule has 2 N–H and O–H groups in total. The molecule has 0 fully saturated rings. The van der Waals surface area contributed by atoms with Gasteiger partial charge >= 0.3 is 11.8 Å². The van der Waals surface area contributed by atoms with E-state index in [-0.39, 0.29) is 0 Å². The molecule has 0 unspecified atom stereocenters. The van der Waals surface area contributed by atoms with Gasteiger partial charge in [-0.2, -0.15) is 5.10 Å². The molecule has 0 saturated carbocycles. The number of halogens is 2. The van der Waals surface area contributed by atoms with Gasteiger partial charge in [-0.3, -0.25) is 9.59 Å². The second-order valence-electron chi connectivity index (χ2n) is 5.11. The van der Waals surface area contributed by atoms with Crippen LogP contribution in [0.2, 0.25) is 10.0 Å². The molecule has 0 saturated heterocycles. The highest BCUT2D eigenvalue weighted by molar-refractivity contribution is 6.40. The number of rotatable bonds is 3. The normalized spacial score (nSPS) is 10.7. The molecule has 0 aliphatic carbocycles. The number of carbonyl (C=O) groups is 2. The Morgan fingerprint density at radius 3 is 2.33 bits per heavy atom. The minimum absolute atomic E-state index is 0.389. The number of benzene rings is 2. The van der Waals surface area contributed by atoms with Gasteiger partial charge in [0.25, 0.3) is 0 Å². The molecule has 0 heterocycles. The molecule has 2 amide bonds. The van der Waals surface area contributed by atoms with Gasteiger partial charge < -0.3 is 5.32 Å². The molecule has 24 heavy (non-hydrogen) atoms. The number of hydrogen-bond donors (Lipinski definition) is 2. The van der Waals surface area contributed by atoms with E-state index in [0.717, 1.165) is 11.1 Å². The first-order valence-corrected chi connectivity index (χ1v) is 7.79. The van der Waals surface area contributed by atoms with Gasteiger partial charge in [-0.25, -0.2) is 5.43 Å². The average Bonchev–Trinajstić information content (AvgIpc) is 2.52. The molecule has 124 valence electrons. The monoisotopic (exact) mass is 363 g/mol. The standard InChI is InChI=1S/C17H15Cl2N3O2/c1-10-6-7-15(11(2)8-10)21-16(23)17(24)22-20-9-12-13(18)4-3-5-14(12)19/h3-9H,1-2H3,(H,21,23)(H,22,24)/b20-9+. The van der Waals surface area contributed by atoms with E-state index < -0.39 is 11.8 Å². The van der Waals surface area contributed by atoms with Crippen LogP contribution in [0, 0.1) is 13.8 Å². The zero-order valence-electron chi connectivity index (χ0n) is 13.1. The molecule has 0 aliphatic rings. The zero-order valence-corrected chi connectivity index (χ0v) is 14.6. The van der Waals surface area contributed by atoms with Crippen molar-refractivity contribution in [2.45, 2.75) is 13.8 Å². The fraction of sp³-hybridized carbons (Fsp3) is 0.118. The molecule has 5 nitrogen and oxygen atoms in total. The Kier molecular flexibility index (Phi) is 5.95. The van der Waals surface area contributed by atoms with E-state index in [2.05, 4.69) is 15.8 Å². The third-order valence-corrected chi connectivity index (χ3v) is 3.85. The lowest BCUT2D eigenvalue weighted by atomic mass is 10.1. The van der Waals surface area contributed by atoms with Gasteiger partial charge in [0.1, 0.15) is 0 Å². The van der Waals surface area contributed by atoms with Gasteiger partial charge in [-0.05, 0) is 37.6 Å². The number of nitrogens with zero attached hydrogens (tertiary/aromatic N) is 1. The Labute approximate surface area is 149 Å². The maximum atomic E-state index is 11.9. The largest absolute Gasteiger partial charge is 0.329 e. The van der Waals surface area contributed by atoms with Crippen LogP contribution in [-0.2, 0) is 9.59 Å². The SMILES string of the molecule is Cc1ccc(NC(=O)C(=O)N/N=C/c2c(Cl)cccc2Cl)c(C)c1. The quantitative estimate of drug-likeness (QED) is 0.495. The Hall–Kier alpha value is -2.37. The van der Waals surface area contributed by atoms with Gasteiger partial charge in [0.2, 0.25) is 0 Å². The fourth-order valence-electron chi connectivity index (χ4n) is 1.97. The topological polar surface area (TPSA) is 70.6 Å². The van der Waals surface area contributed by atoms with Gasteiger partial charge in [-0.1, -0.05) is 47.0 Å². The van der Waals surface area contributed by atoms with Crippen molar-refractivity contribution in [2.24, 2.45) is 5.10 Å². The number of hydrogen-bond acceptors (Lipinski definition) is 3. The number of aryl methyl sites for hydroxylation is 2. The summed E-state index contributed by atoms with van der Waals surface area (Å²) in [5.41, 5.74) is 5.09. The first-order valence-electron chi connectivity index (χ1n) is 7.04. The summed E-state index contributed by atoms with van der Waals surface area (Å²) in [5, 5.41) is 7.02. The van der Waals surface area contributed by atoms with E-state index in [0.29, 0.717) is 21.3 Å². The van der Waals surface area contributed by atoms with Crippen molar-refractivity contribution in [2.75, 3.05) is 5.32 Å². The third-order valence-electron chi connectivity index (χ3n) is 3.20. The predicted octanol–water partition coefficient (Wildman–Crippen LogP) is 3.70. The van der Waals surface area contributed by atoms with Crippen molar-refractivity contribution in [1.29, 1.82) is 0 Å². The Bertz CT molecular complexity index is 799. The average molecular weight is 364 g/mol. The zero-order chi connectivity index (χ0) is 17.7. The summed E-state index contributed by atoms with van der Waals surface area (Å²) in [7, 11) is 0. The third kappa shape index (κ3) is 4.57. The summed E-state index contributed by atoms with van der Waals surface area (Å²) >= 11 is 12.0. The summed E-state index contributed by atoms with van der Waals surface area (Å²) < 4.78 is 0. The van der Waals surface area contributed by atoms with Crippen molar-refractivity contribution in [3.8, 4) is 0 Å². The van der Waals surface area contributed by atoms with E-state index in [1.54, 1.807) is 24.3 Å². The summed E-state index contributed by atoms with van der Waals surface area (Å²) in [4.78, 5) is 23.7. The van der Waals surface area contributed by atoms with E-state index in [9.17, 15) is 9.59 Å². The van der Waals surface area contributed by atoms with E-state index in [1.165, 1.54) is 6.21 Å². The molecule has 0 radical (unpaired) electrons. The molecule has 0 aliphatic heterocycles. The van der Waals surface area contributed by atoms with E-state index >= 15 is 0 Å². The van der Waals surface area contributed by atoms with Gasteiger partial charge in [0, 0.05) is 11.3 Å². The van der Waals surface area contributed by atoms with Crippen molar-refractivity contribution in [1.82, 2.24) is 5.43 Å². The maximum absolute atomic E-state index is 11.9. The van der Waals surface area contributed by atoms with E-state index in [1.807, 2.05) is 26.0 Å². The van der Waals surface area contributed by atoms with Gasteiger partial charge in [-0.15, -0.1) is 0 Å². The van der Waals surface area contributed by atoms with Crippen molar-refractivity contribution >= 4 is 46.9 Å². The molecular formula is C17H15Cl2N3O2. The minimum atomic E-state index is -0.894. The van der Waals surface area contributed by atoms with Crippen molar-refractivity contribution in [3.05, 3.63) is 63.1 Å². The molecular weight excluding hydrogens is 349 g/mol. The molecule has 0 aromatic heterocycles. The maximum Gasteiger partial charge on any atom is 0.329 e. The molecule has 0 atom stereocenters. The van der Waals surface area contributed by atoms with Crippen molar-refractivity contribution in [3.63, 3.8) is 0 Å². The van der Waals surface area contributed by atoms with Crippen molar-refractivity contribution < 1.29 is 9.59 Å². The number of amides is 2. The van der Waals surface area contributed by atoms with Crippen LogP contribution in [0.25, 0.3) is 0 Å². The van der Waals surface area contributed by atoms with Gasteiger partial charge in [0.15, 0.2) is 0 Å². The molecule has 0 bridgehead atoms. The van der Waals surface area contributed by atoms with Crippen LogP contribution in [0.4, 0.5) is 5.69 Å². The molecule has 2 aromatic rings. The number of carbonyl (C=O) groups excluding carboxylic acids is 2. The second kappa shape index (κ2) is 7.95. The lowest BCUT2D eigenvalue weighted by molar-refractivity contribution is -0.136. The van der Waals surface area contributed by atoms with Gasteiger partial charge in [0.05, 0.1) is 16.3 Å². The summed E-state index contributed by atoms with van der Waals surface area (Å²) in [6, 6.07) is 10.5. The van der Waals surface area contributed by atoms with Crippen LogP contribution in [-0.4, -0.2) is 18.0 Å². The van der Waals surface area contributed by atoms with Crippen LogP contribution >= 0.6 is 23.2 Å². The number of anilines is 1. The lowest BCUT2D eigenvalue weighted by Crippen LogP contribution is -2.32. The number of nitrogens with one attached hydrogen (secondary N) is 2. The minimum Gasteiger partial charge on any atom is -0.317 e. The number of hydrazone groups is 1. The summed E-state index contributed by atoms with van der Waals surface area (Å²) in [5.74, 6) is -1.71. The smallest absolute Gasteiger partial charge is 0.317 e.